The lowest BCUT2D eigenvalue weighted by Gasteiger charge is -2.13. The van der Waals surface area contributed by atoms with Crippen molar-refractivity contribution in [3.63, 3.8) is 0 Å². The number of hydrogen-bond donors (Lipinski definition) is 0. The lowest BCUT2D eigenvalue weighted by atomic mass is 10.2. The topological polar surface area (TPSA) is 68.2 Å². The van der Waals surface area contributed by atoms with Gasteiger partial charge in [-0.05, 0) is 61.9 Å². The second kappa shape index (κ2) is 10.9. The van der Waals surface area contributed by atoms with Gasteiger partial charge in [-0.1, -0.05) is 13.3 Å². The summed E-state index contributed by atoms with van der Waals surface area (Å²) in [6.45, 7) is 4.61. The molecule has 0 aromatic heterocycles. The highest BCUT2D eigenvalue weighted by atomic mass is 16.5. The van der Waals surface area contributed by atoms with Crippen molar-refractivity contribution < 1.29 is 19.1 Å². The summed E-state index contributed by atoms with van der Waals surface area (Å²) in [6.07, 6.45) is 3.53. The Morgan fingerprint density at radius 1 is 0.929 bits per heavy atom. The van der Waals surface area contributed by atoms with Gasteiger partial charge in [0, 0.05) is 12.7 Å². The third-order valence-electron chi connectivity index (χ3n) is 4.00. The van der Waals surface area contributed by atoms with Gasteiger partial charge in [-0.15, -0.1) is 0 Å². The fourth-order valence-electron chi connectivity index (χ4n) is 2.34. The third-order valence-corrected chi connectivity index (χ3v) is 4.00. The minimum Gasteiger partial charge on any atom is -0.462 e. The molecule has 0 unspecified atom stereocenters. The van der Waals surface area contributed by atoms with Crippen LogP contribution in [0.5, 0.6) is 0 Å². The van der Waals surface area contributed by atoms with Gasteiger partial charge >= 0.3 is 11.9 Å². The van der Waals surface area contributed by atoms with Crippen LogP contribution >= 0.6 is 0 Å². The minimum absolute atomic E-state index is 0.307. The number of rotatable bonds is 9. The molecule has 0 saturated heterocycles. The van der Waals surface area contributed by atoms with Crippen LogP contribution in [0.2, 0.25) is 0 Å². The first-order valence-corrected chi connectivity index (χ1v) is 9.36. The van der Waals surface area contributed by atoms with Gasteiger partial charge in [0.25, 0.3) is 0 Å². The smallest absolute Gasteiger partial charge is 0.338 e. The summed E-state index contributed by atoms with van der Waals surface area (Å²) in [6, 6.07) is 14.0. The number of benzene rings is 2. The summed E-state index contributed by atoms with van der Waals surface area (Å²) in [7, 11) is 1.87. The summed E-state index contributed by atoms with van der Waals surface area (Å²) in [4.78, 5) is 29.8. The molecule has 2 aromatic rings. The highest BCUT2D eigenvalue weighted by Gasteiger charge is 2.08. The van der Waals surface area contributed by atoms with Crippen molar-refractivity contribution in [3.8, 4) is 0 Å². The fourth-order valence-corrected chi connectivity index (χ4v) is 2.34. The molecule has 0 aliphatic rings. The Bertz CT molecular complexity index is 798. The lowest BCUT2D eigenvalue weighted by Crippen LogP contribution is -2.14. The zero-order valence-corrected chi connectivity index (χ0v) is 16.6. The molecule has 0 N–H and O–H groups in total. The third kappa shape index (κ3) is 6.23. The largest absolute Gasteiger partial charge is 0.462 e. The molecule has 0 atom stereocenters. The van der Waals surface area contributed by atoms with Crippen LogP contribution in [-0.2, 0) is 9.47 Å². The van der Waals surface area contributed by atoms with Crippen molar-refractivity contribution in [2.75, 3.05) is 25.2 Å². The van der Waals surface area contributed by atoms with E-state index in [1.807, 2.05) is 24.1 Å². The standard InChI is InChI=1S/C22H26N2O4/c1-4-6-15-28-22(26)18-9-13-20(14-10-18)24(3)16-23-19-11-7-17(8-12-19)21(25)27-5-2/h7-14,16H,4-6,15H2,1-3H3/b23-16+. The van der Waals surface area contributed by atoms with Gasteiger partial charge in [0.1, 0.15) is 0 Å². The number of ether oxygens (including phenoxy) is 2. The Morgan fingerprint density at radius 2 is 1.50 bits per heavy atom. The van der Waals surface area contributed by atoms with E-state index in [2.05, 4.69) is 11.9 Å². The van der Waals surface area contributed by atoms with Gasteiger partial charge in [0.05, 0.1) is 36.4 Å². The summed E-state index contributed by atoms with van der Waals surface area (Å²) < 4.78 is 10.2. The molecule has 0 radical (unpaired) electrons. The lowest BCUT2D eigenvalue weighted by molar-refractivity contribution is 0.0496. The highest BCUT2D eigenvalue weighted by Crippen LogP contribution is 2.16. The van der Waals surface area contributed by atoms with Gasteiger partial charge in [0.15, 0.2) is 0 Å². The van der Waals surface area contributed by atoms with E-state index in [4.69, 9.17) is 9.47 Å². The molecule has 2 aromatic carbocycles. The van der Waals surface area contributed by atoms with Gasteiger partial charge in [-0.2, -0.15) is 0 Å². The molecule has 0 aliphatic carbocycles. The molecule has 0 aliphatic heterocycles. The average Bonchev–Trinajstić information content (AvgIpc) is 2.72. The van der Waals surface area contributed by atoms with Crippen LogP contribution in [-0.4, -0.2) is 38.5 Å². The predicted molar refractivity (Wildman–Crippen MR) is 111 cm³/mol. The van der Waals surface area contributed by atoms with Crippen molar-refractivity contribution in [1.82, 2.24) is 0 Å². The summed E-state index contributed by atoms with van der Waals surface area (Å²) in [5.41, 5.74) is 2.63. The summed E-state index contributed by atoms with van der Waals surface area (Å²) in [5, 5.41) is 0. The first kappa shape index (κ1) is 21.2. The molecule has 0 bridgehead atoms. The van der Waals surface area contributed by atoms with Gasteiger partial charge in [-0.3, -0.25) is 0 Å². The molecule has 2 rings (SSSR count). The van der Waals surface area contributed by atoms with Crippen molar-refractivity contribution in [3.05, 3.63) is 59.7 Å². The Kier molecular flexibility index (Phi) is 8.21. The SMILES string of the molecule is CCCCOC(=O)c1ccc(N(C)/C=N/c2ccc(C(=O)OCC)cc2)cc1. The van der Waals surface area contributed by atoms with Crippen LogP contribution in [0.1, 0.15) is 47.4 Å². The second-order valence-electron chi connectivity index (χ2n) is 6.16. The maximum Gasteiger partial charge on any atom is 0.338 e. The first-order valence-electron chi connectivity index (χ1n) is 9.36. The van der Waals surface area contributed by atoms with Crippen LogP contribution < -0.4 is 4.90 Å². The van der Waals surface area contributed by atoms with Crippen LogP contribution in [0, 0.1) is 0 Å². The normalized spacial score (nSPS) is 10.7. The van der Waals surface area contributed by atoms with Crippen LogP contribution in [0.3, 0.4) is 0 Å². The van der Waals surface area contributed by atoms with Crippen molar-refractivity contribution in [2.45, 2.75) is 26.7 Å². The number of hydrogen-bond acceptors (Lipinski definition) is 5. The van der Waals surface area contributed by atoms with Crippen LogP contribution in [0.15, 0.2) is 53.5 Å². The quantitative estimate of drug-likeness (QED) is 0.274. The number of carbonyl (C=O) groups excluding carboxylic acids is 2. The average molecular weight is 382 g/mol. The monoisotopic (exact) mass is 382 g/mol. The Morgan fingerprint density at radius 3 is 2.07 bits per heavy atom. The number of carbonyl (C=O) groups is 2. The van der Waals surface area contributed by atoms with E-state index < -0.39 is 0 Å². The maximum absolute atomic E-state index is 11.9. The Labute approximate surface area is 165 Å². The zero-order chi connectivity index (χ0) is 20.4. The summed E-state index contributed by atoms with van der Waals surface area (Å²) >= 11 is 0. The van der Waals surface area contributed by atoms with E-state index in [1.54, 1.807) is 49.7 Å². The molecule has 0 spiro atoms. The second-order valence-corrected chi connectivity index (χ2v) is 6.16. The van der Waals surface area contributed by atoms with E-state index >= 15 is 0 Å². The summed E-state index contributed by atoms with van der Waals surface area (Å²) in [5.74, 6) is -0.651. The molecule has 0 saturated carbocycles. The minimum atomic E-state index is -0.344. The molecule has 6 nitrogen and oxygen atoms in total. The van der Waals surface area contributed by atoms with E-state index in [-0.39, 0.29) is 11.9 Å². The molecule has 6 heteroatoms. The highest BCUT2D eigenvalue weighted by molar-refractivity contribution is 5.91. The molecule has 28 heavy (non-hydrogen) atoms. The molecule has 148 valence electrons. The maximum atomic E-state index is 11.9. The van der Waals surface area contributed by atoms with Crippen molar-refractivity contribution in [2.24, 2.45) is 4.99 Å². The zero-order valence-electron chi connectivity index (χ0n) is 16.6. The number of aliphatic imine (C=N–C) groups is 1. The number of anilines is 1. The Balaban J connectivity index is 1.95. The van der Waals surface area contributed by atoms with Gasteiger partial charge < -0.3 is 14.4 Å². The number of unbranched alkanes of at least 4 members (excludes halogenated alkanes) is 1. The molecular weight excluding hydrogens is 356 g/mol. The van der Waals surface area contributed by atoms with Gasteiger partial charge in [-0.25, -0.2) is 14.6 Å². The van der Waals surface area contributed by atoms with Crippen molar-refractivity contribution >= 4 is 29.7 Å². The van der Waals surface area contributed by atoms with Crippen LogP contribution in [0.4, 0.5) is 11.4 Å². The first-order chi connectivity index (χ1) is 13.5. The van der Waals surface area contributed by atoms with E-state index in [0.717, 1.165) is 24.2 Å². The molecule has 0 fully saturated rings. The van der Waals surface area contributed by atoms with Gasteiger partial charge in [0.2, 0.25) is 0 Å². The van der Waals surface area contributed by atoms with E-state index in [0.29, 0.717) is 24.3 Å². The van der Waals surface area contributed by atoms with E-state index in [1.165, 1.54) is 0 Å². The molecular formula is C22H26N2O4. The van der Waals surface area contributed by atoms with Crippen molar-refractivity contribution in [1.29, 1.82) is 0 Å². The predicted octanol–water partition coefficient (Wildman–Crippen LogP) is 4.62. The number of nitrogens with zero attached hydrogens (tertiary/aromatic N) is 2. The number of esters is 2. The molecule has 0 amide bonds. The fraction of sp³-hybridized carbons (Fsp3) is 0.318. The Hall–Kier alpha value is -3.15. The molecule has 0 heterocycles. The van der Waals surface area contributed by atoms with Crippen LogP contribution in [0.25, 0.3) is 0 Å². The van der Waals surface area contributed by atoms with E-state index in [9.17, 15) is 9.59 Å².